The molecule has 20 heavy (non-hydrogen) atoms. The highest BCUT2D eigenvalue weighted by atomic mass is 35.5. The van der Waals surface area contributed by atoms with Gasteiger partial charge in [0.25, 0.3) is 11.6 Å². The summed E-state index contributed by atoms with van der Waals surface area (Å²) < 4.78 is 0. The summed E-state index contributed by atoms with van der Waals surface area (Å²) in [7, 11) is 0. The van der Waals surface area contributed by atoms with Gasteiger partial charge >= 0.3 is 0 Å². The van der Waals surface area contributed by atoms with Crippen molar-refractivity contribution in [3.05, 3.63) is 38.9 Å². The van der Waals surface area contributed by atoms with Crippen LogP contribution in [0.25, 0.3) is 0 Å². The number of nitrogens with zero attached hydrogens (tertiary/aromatic N) is 1. The summed E-state index contributed by atoms with van der Waals surface area (Å²) in [4.78, 5) is 22.0. The zero-order valence-corrected chi connectivity index (χ0v) is 11.5. The number of hydrogen-bond donors (Lipinski definition) is 2. The van der Waals surface area contributed by atoms with Gasteiger partial charge in [-0.1, -0.05) is 11.6 Å². The quantitative estimate of drug-likeness (QED) is 0.621. The van der Waals surface area contributed by atoms with Crippen LogP contribution in [0, 0.1) is 15.5 Å². The van der Waals surface area contributed by atoms with Crippen LogP contribution in [0.3, 0.4) is 0 Å². The molecule has 0 unspecified atom stereocenters. The molecule has 108 valence electrons. The molecule has 1 aromatic rings. The van der Waals surface area contributed by atoms with Crippen molar-refractivity contribution in [1.82, 2.24) is 5.32 Å². The number of nitro benzene ring substituents is 1. The number of rotatable bonds is 6. The third-order valence-corrected chi connectivity index (χ3v) is 3.93. The van der Waals surface area contributed by atoms with Gasteiger partial charge in [0.15, 0.2) is 0 Å². The van der Waals surface area contributed by atoms with Crippen molar-refractivity contribution in [3.8, 4) is 0 Å². The van der Waals surface area contributed by atoms with E-state index in [-0.39, 0.29) is 28.6 Å². The highest BCUT2D eigenvalue weighted by molar-refractivity contribution is 6.33. The molecular weight excluding hydrogens is 284 g/mol. The van der Waals surface area contributed by atoms with Gasteiger partial charge in [0.2, 0.25) is 0 Å². The molecular formula is C13H15ClN2O4. The second-order valence-electron chi connectivity index (χ2n) is 5.08. The van der Waals surface area contributed by atoms with E-state index in [9.17, 15) is 14.9 Å². The van der Waals surface area contributed by atoms with Crippen LogP contribution in [0.15, 0.2) is 18.2 Å². The number of nitrogens with one attached hydrogen (secondary N) is 1. The summed E-state index contributed by atoms with van der Waals surface area (Å²) in [5, 5.41) is 22.3. The lowest BCUT2D eigenvalue weighted by atomic mass is 10.0. The first kappa shape index (κ1) is 14.7. The van der Waals surface area contributed by atoms with E-state index >= 15 is 0 Å². The minimum Gasteiger partial charge on any atom is -0.396 e. The second-order valence-corrected chi connectivity index (χ2v) is 5.49. The van der Waals surface area contributed by atoms with Crippen LogP contribution in [0.5, 0.6) is 0 Å². The first-order chi connectivity index (χ1) is 9.47. The number of nitro groups is 1. The van der Waals surface area contributed by atoms with E-state index in [1.165, 1.54) is 18.2 Å². The molecule has 1 saturated carbocycles. The first-order valence-corrected chi connectivity index (χ1v) is 6.68. The predicted molar refractivity (Wildman–Crippen MR) is 73.8 cm³/mol. The van der Waals surface area contributed by atoms with Crippen LogP contribution >= 0.6 is 11.6 Å². The average Bonchev–Trinajstić information content (AvgIpc) is 3.16. The molecule has 0 saturated heterocycles. The Kier molecular flexibility index (Phi) is 4.25. The van der Waals surface area contributed by atoms with E-state index in [1.54, 1.807) is 0 Å². The number of benzene rings is 1. The van der Waals surface area contributed by atoms with E-state index in [1.807, 2.05) is 0 Å². The summed E-state index contributed by atoms with van der Waals surface area (Å²) in [6.45, 7) is 0.611. The molecule has 2 rings (SSSR count). The smallest absolute Gasteiger partial charge is 0.287 e. The second kappa shape index (κ2) is 5.76. The maximum Gasteiger partial charge on any atom is 0.287 e. The summed E-state index contributed by atoms with van der Waals surface area (Å²) in [5.41, 5.74) is 0.0946. The van der Waals surface area contributed by atoms with Crippen molar-refractivity contribution in [2.24, 2.45) is 5.41 Å². The lowest BCUT2D eigenvalue weighted by Gasteiger charge is -2.14. The molecule has 1 fully saturated rings. The van der Waals surface area contributed by atoms with Gasteiger partial charge in [-0.2, -0.15) is 0 Å². The molecule has 1 aliphatic rings. The maximum atomic E-state index is 12.0. The minimum atomic E-state index is -0.593. The highest BCUT2D eigenvalue weighted by Gasteiger charge is 2.41. The third-order valence-electron chi connectivity index (χ3n) is 3.63. The molecule has 1 aromatic carbocycles. The molecule has 2 N–H and O–H groups in total. The molecule has 0 aromatic heterocycles. The summed E-state index contributed by atoms with van der Waals surface area (Å²) >= 11 is 5.77. The summed E-state index contributed by atoms with van der Waals surface area (Å²) in [5.74, 6) is -0.314. The molecule has 7 heteroatoms. The molecule has 1 aliphatic carbocycles. The lowest BCUT2D eigenvalue weighted by Crippen LogP contribution is -2.30. The van der Waals surface area contributed by atoms with Crippen molar-refractivity contribution in [1.29, 1.82) is 0 Å². The number of carbonyl (C=O) groups excluding carboxylic acids is 1. The first-order valence-electron chi connectivity index (χ1n) is 6.30. The topological polar surface area (TPSA) is 92.5 Å². The molecule has 6 nitrogen and oxygen atoms in total. The molecule has 0 atom stereocenters. The Bertz CT molecular complexity index is 543. The van der Waals surface area contributed by atoms with Gasteiger partial charge < -0.3 is 10.4 Å². The van der Waals surface area contributed by atoms with Crippen LogP contribution in [0.1, 0.15) is 29.6 Å². The Hall–Kier alpha value is -1.66. The fraction of sp³-hybridized carbons (Fsp3) is 0.462. The maximum absolute atomic E-state index is 12.0. The van der Waals surface area contributed by atoms with Gasteiger partial charge in [0.1, 0.15) is 5.02 Å². The Morgan fingerprint density at radius 2 is 2.20 bits per heavy atom. The molecule has 0 spiro atoms. The largest absolute Gasteiger partial charge is 0.396 e. The molecule has 0 heterocycles. The van der Waals surface area contributed by atoms with E-state index in [2.05, 4.69) is 5.32 Å². The van der Waals surface area contributed by atoms with Crippen molar-refractivity contribution in [2.75, 3.05) is 13.2 Å². The normalized spacial score (nSPS) is 15.7. The zero-order valence-electron chi connectivity index (χ0n) is 10.8. The molecule has 1 amide bonds. The number of aliphatic hydroxyl groups is 1. The lowest BCUT2D eigenvalue weighted by molar-refractivity contribution is -0.384. The molecule has 0 radical (unpaired) electrons. The van der Waals surface area contributed by atoms with E-state index in [0.717, 1.165) is 12.8 Å². The number of amides is 1. The van der Waals surface area contributed by atoms with Crippen molar-refractivity contribution in [2.45, 2.75) is 19.3 Å². The van der Waals surface area contributed by atoms with Crippen LogP contribution in [0.4, 0.5) is 5.69 Å². The van der Waals surface area contributed by atoms with Crippen LogP contribution in [-0.2, 0) is 0 Å². The Labute approximate surface area is 120 Å². The van der Waals surface area contributed by atoms with Crippen molar-refractivity contribution in [3.63, 3.8) is 0 Å². The van der Waals surface area contributed by atoms with Crippen molar-refractivity contribution >= 4 is 23.2 Å². The number of carbonyl (C=O) groups is 1. The summed E-state index contributed by atoms with van der Waals surface area (Å²) in [6.07, 6.45) is 2.66. The third kappa shape index (κ3) is 3.26. The fourth-order valence-electron chi connectivity index (χ4n) is 2.10. The van der Waals surface area contributed by atoms with Crippen LogP contribution in [0.2, 0.25) is 5.02 Å². The molecule has 0 bridgehead atoms. The number of halogens is 1. The fourth-order valence-corrected chi connectivity index (χ4v) is 2.34. The van der Waals surface area contributed by atoms with E-state index in [4.69, 9.17) is 16.7 Å². The van der Waals surface area contributed by atoms with Gasteiger partial charge in [-0.25, -0.2) is 0 Å². The molecule has 0 aliphatic heterocycles. The van der Waals surface area contributed by atoms with Gasteiger partial charge in [0.05, 0.1) is 4.92 Å². The minimum absolute atomic E-state index is 0.0228. The predicted octanol–water partition coefficient (Wildman–Crippen LogP) is 2.14. The monoisotopic (exact) mass is 298 g/mol. The van der Waals surface area contributed by atoms with Crippen LogP contribution in [-0.4, -0.2) is 29.1 Å². The summed E-state index contributed by atoms with van der Waals surface area (Å²) in [6, 6.07) is 3.89. The van der Waals surface area contributed by atoms with Gasteiger partial charge in [0, 0.05) is 24.8 Å². The number of hydrogen-bond acceptors (Lipinski definition) is 4. The van der Waals surface area contributed by atoms with E-state index in [0.29, 0.717) is 18.5 Å². The Balaban J connectivity index is 1.99. The number of aliphatic hydroxyl groups excluding tert-OH is 1. The Morgan fingerprint density at radius 3 is 2.70 bits per heavy atom. The van der Waals surface area contributed by atoms with Gasteiger partial charge in [-0.15, -0.1) is 0 Å². The van der Waals surface area contributed by atoms with Gasteiger partial charge in [-0.3, -0.25) is 14.9 Å². The van der Waals surface area contributed by atoms with Crippen LogP contribution < -0.4 is 5.32 Å². The highest BCUT2D eigenvalue weighted by Crippen LogP contribution is 2.47. The van der Waals surface area contributed by atoms with Crippen molar-refractivity contribution < 1.29 is 14.8 Å². The SMILES string of the molecule is O=C(NCC1(CCO)CC1)c1ccc([N+](=O)[O-])c(Cl)c1. The van der Waals surface area contributed by atoms with Gasteiger partial charge in [-0.05, 0) is 36.8 Å². The Morgan fingerprint density at radius 1 is 1.50 bits per heavy atom. The average molecular weight is 299 g/mol. The standard InChI is InChI=1S/C13H15ClN2O4/c14-10-7-9(1-2-11(10)16(19)20)12(18)15-8-13(3-4-13)5-6-17/h1-2,7,17H,3-6,8H2,(H,15,18). The zero-order chi connectivity index (χ0) is 14.8. The van der Waals surface area contributed by atoms with E-state index < -0.39 is 4.92 Å².